The number of carboxylic acids is 1. The number of carbonyl (C=O) groups excluding carboxylic acids is 1. The maximum atomic E-state index is 13.3. The Morgan fingerprint density at radius 3 is 2.57 bits per heavy atom. The maximum Gasteiger partial charge on any atom is 0.306 e. The lowest BCUT2D eigenvalue weighted by atomic mass is 10.1. The Balaban J connectivity index is 1.58. The highest BCUT2D eigenvalue weighted by molar-refractivity contribution is 7.99. The van der Waals surface area contributed by atoms with E-state index in [-0.39, 0.29) is 11.5 Å². The van der Waals surface area contributed by atoms with Crippen LogP contribution in [0.2, 0.25) is 0 Å². The van der Waals surface area contributed by atoms with Gasteiger partial charge in [-0.15, -0.1) is 11.3 Å². The largest absolute Gasteiger partial charge is 0.481 e. The zero-order valence-electron chi connectivity index (χ0n) is 18.3. The molecule has 1 aromatic carbocycles. The number of thiazole rings is 1. The van der Waals surface area contributed by atoms with E-state index in [0.717, 1.165) is 14.8 Å². The SMILES string of the molecule is CC(Cc1cnc(NC(=O)c2nc(Sc3ccccn3)ccc2Sc2ccc(F)cc2)s1)C(=O)O. The van der Waals surface area contributed by atoms with Crippen LogP contribution in [0.5, 0.6) is 0 Å². The predicted octanol–water partition coefficient (Wildman–Crippen LogP) is 5.89. The number of carboxylic acid groups (broad SMARTS) is 1. The van der Waals surface area contributed by atoms with E-state index in [1.165, 1.54) is 47.0 Å². The molecule has 1 amide bonds. The summed E-state index contributed by atoms with van der Waals surface area (Å²) < 4.78 is 13.3. The summed E-state index contributed by atoms with van der Waals surface area (Å²) in [5.41, 5.74) is 0.191. The molecule has 7 nitrogen and oxygen atoms in total. The fourth-order valence-electron chi connectivity index (χ4n) is 2.88. The average molecular weight is 527 g/mol. The summed E-state index contributed by atoms with van der Waals surface area (Å²) in [4.78, 5) is 39.5. The highest BCUT2D eigenvalue weighted by Crippen LogP contribution is 2.33. The molecule has 0 spiro atoms. The third-order valence-electron chi connectivity index (χ3n) is 4.64. The lowest BCUT2D eigenvalue weighted by molar-refractivity contribution is -0.141. The molecule has 0 saturated heterocycles. The number of hydrogen-bond donors (Lipinski definition) is 2. The molecule has 0 fully saturated rings. The molecular formula is C24H19FN4O3S3. The number of hydrogen-bond acceptors (Lipinski definition) is 8. The summed E-state index contributed by atoms with van der Waals surface area (Å²) >= 11 is 3.84. The van der Waals surface area contributed by atoms with Gasteiger partial charge in [-0.25, -0.2) is 19.3 Å². The molecule has 4 rings (SSSR count). The molecule has 4 aromatic rings. The molecule has 3 aromatic heterocycles. The van der Waals surface area contributed by atoms with Crippen molar-refractivity contribution >= 4 is 51.9 Å². The van der Waals surface area contributed by atoms with Gasteiger partial charge in [-0.1, -0.05) is 36.5 Å². The molecular weight excluding hydrogens is 507 g/mol. The quantitative estimate of drug-likeness (QED) is 0.278. The molecule has 0 aliphatic rings. The third-order valence-corrected chi connectivity index (χ3v) is 7.52. The van der Waals surface area contributed by atoms with E-state index in [1.807, 2.05) is 18.2 Å². The van der Waals surface area contributed by atoms with E-state index < -0.39 is 17.8 Å². The van der Waals surface area contributed by atoms with Crippen LogP contribution in [0.3, 0.4) is 0 Å². The Bertz CT molecular complexity index is 1330. The van der Waals surface area contributed by atoms with Gasteiger partial charge in [0.2, 0.25) is 0 Å². The number of rotatable bonds is 9. The van der Waals surface area contributed by atoms with E-state index in [2.05, 4.69) is 20.3 Å². The molecule has 178 valence electrons. The summed E-state index contributed by atoms with van der Waals surface area (Å²) in [5, 5.41) is 13.6. The van der Waals surface area contributed by atoms with Gasteiger partial charge >= 0.3 is 5.97 Å². The van der Waals surface area contributed by atoms with Crippen LogP contribution in [0.4, 0.5) is 9.52 Å². The van der Waals surface area contributed by atoms with Crippen molar-refractivity contribution in [2.75, 3.05) is 5.32 Å². The van der Waals surface area contributed by atoms with Crippen LogP contribution in [-0.2, 0) is 11.2 Å². The van der Waals surface area contributed by atoms with Gasteiger partial charge in [0.25, 0.3) is 5.91 Å². The van der Waals surface area contributed by atoms with E-state index in [0.29, 0.717) is 21.5 Å². The molecule has 0 aliphatic carbocycles. The van der Waals surface area contributed by atoms with E-state index >= 15 is 0 Å². The second-order valence-electron chi connectivity index (χ2n) is 7.35. The van der Waals surface area contributed by atoms with Crippen molar-refractivity contribution in [1.29, 1.82) is 0 Å². The first-order valence-corrected chi connectivity index (χ1v) is 12.8. The number of benzene rings is 1. The summed E-state index contributed by atoms with van der Waals surface area (Å²) in [6.07, 6.45) is 3.57. The lowest BCUT2D eigenvalue weighted by Crippen LogP contribution is -2.15. The van der Waals surface area contributed by atoms with E-state index in [1.54, 1.807) is 43.6 Å². The fourth-order valence-corrected chi connectivity index (χ4v) is 5.46. The molecule has 3 heterocycles. The van der Waals surface area contributed by atoms with E-state index in [9.17, 15) is 14.0 Å². The van der Waals surface area contributed by atoms with Gasteiger partial charge in [0.1, 0.15) is 21.6 Å². The molecule has 1 atom stereocenters. The summed E-state index contributed by atoms with van der Waals surface area (Å²) in [6, 6.07) is 15.1. The van der Waals surface area contributed by atoms with Crippen molar-refractivity contribution < 1.29 is 19.1 Å². The topological polar surface area (TPSA) is 105 Å². The Morgan fingerprint density at radius 1 is 1.06 bits per heavy atom. The van der Waals surface area contributed by atoms with Gasteiger partial charge in [-0.2, -0.15) is 0 Å². The first-order valence-electron chi connectivity index (χ1n) is 10.4. The number of amides is 1. The summed E-state index contributed by atoms with van der Waals surface area (Å²) in [6.45, 7) is 1.62. The highest BCUT2D eigenvalue weighted by Gasteiger charge is 2.19. The monoisotopic (exact) mass is 526 g/mol. The average Bonchev–Trinajstić information content (AvgIpc) is 3.28. The van der Waals surface area contributed by atoms with Gasteiger partial charge in [0.15, 0.2) is 5.13 Å². The Labute approximate surface area is 213 Å². The standard InChI is InChI=1S/C24H19FN4O3S3/c1-14(23(31)32)12-17-13-27-24(34-17)29-22(30)21-18(33-16-7-5-15(25)6-8-16)9-10-20(28-21)35-19-4-2-3-11-26-19/h2-11,13-14H,12H2,1H3,(H,31,32)(H,27,29,30). The fraction of sp³-hybridized carbons (Fsp3) is 0.125. The van der Waals surface area contributed by atoms with Crippen LogP contribution in [0.25, 0.3) is 0 Å². The Morgan fingerprint density at radius 2 is 1.86 bits per heavy atom. The minimum atomic E-state index is -0.891. The minimum absolute atomic E-state index is 0.191. The lowest BCUT2D eigenvalue weighted by Gasteiger charge is -2.10. The van der Waals surface area contributed by atoms with Crippen molar-refractivity contribution in [3.05, 3.63) is 83.4 Å². The highest BCUT2D eigenvalue weighted by atomic mass is 32.2. The Hall–Kier alpha value is -3.28. The summed E-state index contributed by atoms with van der Waals surface area (Å²) in [5.74, 6) is -2.24. The smallest absolute Gasteiger partial charge is 0.306 e. The van der Waals surface area contributed by atoms with Crippen molar-refractivity contribution in [3.63, 3.8) is 0 Å². The minimum Gasteiger partial charge on any atom is -0.481 e. The van der Waals surface area contributed by atoms with Crippen LogP contribution in [0.1, 0.15) is 22.3 Å². The number of anilines is 1. The van der Waals surface area contributed by atoms with E-state index in [4.69, 9.17) is 5.11 Å². The second-order valence-corrected chi connectivity index (χ2v) is 10.6. The van der Waals surface area contributed by atoms with Gasteiger partial charge in [0, 0.05) is 27.1 Å². The number of pyridine rings is 2. The Kier molecular flexibility index (Phi) is 8.11. The van der Waals surface area contributed by atoms with Gasteiger partial charge < -0.3 is 5.11 Å². The zero-order valence-corrected chi connectivity index (χ0v) is 20.8. The summed E-state index contributed by atoms with van der Waals surface area (Å²) in [7, 11) is 0. The second kappa shape index (κ2) is 11.4. The molecule has 0 saturated carbocycles. The molecule has 35 heavy (non-hydrogen) atoms. The van der Waals surface area contributed by atoms with Crippen LogP contribution < -0.4 is 5.32 Å². The van der Waals surface area contributed by atoms with Gasteiger partial charge in [-0.05, 0) is 55.0 Å². The van der Waals surface area contributed by atoms with Crippen molar-refractivity contribution in [3.8, 4) is 0 Å². The van der Waals surface area contributed by atoms with Crippen LogP contribution in [-0.4, -0.2) is 31.9 Å². The molecule has 2 N–H and O–H groups in total. The molecule has 0 aliphatic heterocycles. The normalized spacial score (nSPS) is 11.7. The van der Waals surface area contributed by atoms with Crippen LogP contribution >= 0.6 is 34.9 Å². The molecule has 0 radical (unpaired) electrons. The third kappa shape index (κ3) is 6.87. The number of halogens is 1. The number of carbonyl (C=O) groups is 2. The van der Waals surface area contributed by atoms with Crippen LogP contribution in [0.15, 0.2) is 86.8 Å². The maximum absolute atomic E-state index is 13.3. The van der Waals surface area contributed by atoms with Crippen LogP contribution in [0, 0.1) is 11.7 Å². The number of nitrogens with one attached hydrogen (secondary N) is 1. The van der Waals surface area contributed by atoms with Crippen molar-refractivity contribution in [2.24, 2.45) is 5.92 Å². The predicted molar refractivity (Wildman–Crippen MR) is 134 cm³/mol. The first-order chi connectivity index (χ1) is 16.9. The first kappa shape index (κ1) is 24.8. The van der Waals surface area contributed by atoms with Gasteiger partial charge in [-0.3, -0.25) is 14.9 Å². The molecule has 1 unspecified atom stereocenters. The molecule has 11 heteroatoms. The number of nitrogens with zero attached hydrogens (tertiary/aromatic N) is 3. The molecule has 0 bridgehead atoms. The van der Waals surface area contributed by atoms with Crippen molar-refractivity contribution in [2.45, 2.75) is 33.2 Å². The van der Waals surface area contributed by atoms with Gasteiger partial charge in [0.05, 0.1) is 5.92 Å². The van der Waals surface area contributed by atoms with Crippen molar-refractivity contribution in [1.82, 2.24) is 15.0 Å². The number of aromatic nitrogens is 3. The zero-order chi connectivity index (χ0) is 24.8. The number of aliphatic carboxylic acids is 1.